The van der Waals surface area contributed by atoms with Crippen molar-refractivity contribution in [2.24, 2.45) is 0 Å². The minimum Gasteiger partial charge on any atom is -0.321 e. The number of carbonyl (C=O) groups excluding carboxylic acids is 1. The number of hydrogen-bond acceptors (Lipinski definition) is 3. The summed E-state index contributed by atoms with van der Waals surface area (Å²) < 4.78 is 16.3. The van der Waals surface area contributed by atoms with Gasteiger partial charge in [0.15, 0.2) is 13.2 Å². The first-order valence-electron chi connectivity index (χ1n) is 6.22. The van der Waals surface area contributed by atoms with Gasteiger partial charge in [-0.3, -0.25) is 9.36 Å². The smallest absolute Gasteiger partial charge is 0.197 e. The number of carbonyl (C=O) groups is 1. The van der Waals surface area contributed by atoms with Crippen LogP contribution in [-0.4, -0.2) is 25.7 Å². The van der Waals surface area contributed by atoms with E-state index in [9.17, 15) is 9.36 Å². The number of Topliss-reactive ketones (excluding diaryl/α,β-unsaturated/α-hetero) is 1. The Kier molecular flexibility index (Phi) is 6.31. The van der Waals surface area contributed by atoms with Crippen LogP contribution in [0.4, 0.5) is 0 Å². The van der Waals surface area contributed by atoms with Gasteiger partial charge in [-0.1, -0.05) is 30.3 Å². The summed E-state index contributed by atoms with van der Waals surface area (Å²) >= 11 is 0. The molecule has 0 heterocycles. The van der Waals surface area contributed by atoms with E-state index in [1.807, 2.05) is 18.2 Å². The zero-order valence-electron chi connectivity index (χ0n) is 11.1. The van der Waals surface area contributed by atoms with Crippen molar-refractivity contribution in [1.29, 1.82) is 0 Å². The number of rotatable bonds is 8. The molecule has 0 spiro atoms. The quantitative estimate of drug-likeness (QED) is 0.535. The van der Waals surface area contributed by atoms with Crippen molar-refractivity contribution >= 4 is 13.2 Å². The summed E-state index contributed by atoms with van der Waals surface area (Å²) in [6.07, 6.45) is 3.35. The molecule has 1 rings (SSSR count). The van der Waals surface area contributed by atoms with E-state index in [-0.39, 0.29) is 12.4 Å². The maximum Gasteiger partial charge on any atom is 0.197 e. The van der Waals surface area contributed by atoms with Crippen LogP contribution in [0.15, 0.2) is 30.3 Å². The Morgan fingerprint density at radius 2 is 1.83 bits per heavy atom. The lowest BCUT2D eigenvalue weighted by Crippen LogP contribution is -2.06. The van der Waals surface area contributed by atoms with Crippen LogP contribution in [0.3, 0.4) is 0 Å². The summed E-state index contributed by atoms with van der Waals surface area (Å²) in [7, 11) is -2.53. The Morgan fingerprint density at radius 1 is 1.17 bits per heavy atom. The highest BCUT2D eigenvalue weighted by Gasteiger charge is 2.10. The average molecular weight is 268 g/mol. The number of benzene rings is 1. The molecule has 0 aliphatic heterocycles. The van der Waals surface area contributed by atoms with Gasteiger partial charge in [-0.25, -0.2) is 0 Å². The molecule has 1 aromatic rings. The molecule has 0 unspecified atom stereocenters. The molecule has 0 aliphatic carbocycles. The molecule has 18 heavy (non-hydrogen) atoms. The van der Waals surface area contributed by atoms with Crippen LogP contribution in [0.5, 0.6) is 0 Å². The molecule has 0 bridgehead atoms. The third kappa shape index (κ3) is 7.41. The summed E-state index contributed by atoms with van der Waals surface area (Å²) in [5, 5.41) is 0. The van der Waals surface area contributed by atoms with Gasteiger partial charge in [0.25, 0.3) is 0 Å². The Labute approximate surface area is 109 Å². The maximum absolute atomic E-state index is 11.5. The monoisotopic (exact) mass is 268 g/mol. The second-order valence-corrected chi connectivity index (χ2v) is 7.52. The van der Waals surface area contributed by atoms with Crippen molar-refractivity contribution in [3.8, 4) is 0 Å². The fraction of sp³-hybridized carbons (Fsp3) is 0.500. The number of ketones is 1. The van der Waals surface area contributed by atoms with Crippen LogP contribution in [0, 0.1) is 0 Å². The van der Waals surface area contributed by atoms with Crippen molar-refractivity contribution < 1.29 is 13.9 Å². The second kappa shape index (κ2) is 7.50. The average Bonchev–Trinajstić information content (AvgIpc) is 2.33. The van der Waals surface area contributed by atoms with Crippen molar-refractivity contribution in [2.75, 3.05) is 19.9 Å². The Hall–Kier alpha value is -0.920. The van der Waals surface area contributed by atoms with E-state index in [4.69, 9.17) is 4.52 Å². The molecule has 0 fully saturated rings. The third-order valence-electron chi connectivity index (χ3n) is 2.55. The van der Waals surface area contributed by atoms with Crippen LogP contribution in [0.2, 0.25) is 0 Å². The maximum atomic E-state index is 11.5. The summed E-state index contributed by atoms with van der Waals surface area (Å²) in [5.74, 6) is 0.0342. The first kappa shape index (κ1) is 15.1. The predicted octanol–water partition coefficient (Wildman–Crippen LogP) is 3.52. The van der Waals surface area contributed by atoms with Gasteiger partial charge in [-0.15, -0.1) is 0 Å². The predicted molar refractivity (Wildman–Crippen MR) is 74.4 cm³/mol. The van der Waals surface area contributed by atoms with E-state index in [0.29, 0.717) is 6.42 Å². The van der Waals surface area contributed by atoms with Gasteiger partial charge in [0.1, 0.15) is 6.61 Å². The van der Waals surface area contributed by atoms with E-state index in [1.54, 1.807) is 0 Å². The topological polar surface area (TPSA) is 43.4 Å². The van der Waals surface area contributed by atoms with Crippen molar-refractivity contribution in [2.45, 2.75) is 25.7 Å². The van der Waals surface area contributed by atoms with E-state index in [0.717, 1.165) is 19.3 Å². The zero-order chi connectivity index (χ0) is 13.4. The lowest BCUT2D eigenvalue weighted by Gasteiger charge is -2.07. The van der Waals surface area contributed by atoms with Gasteiger partial charge >= 0.3 is 0 Å². The minimum absolute atomic E-state index is 0.0182. The van der Waals surface area contributed by atoms with Gasteiger partial charge in [0.2, 0.25) is 0 Å². The van der Waals surface area contributed by atoms with E-state index >= 15 is 0 Å². The first-order valence-corrected chi connectivity index (χ1v) is 8.74. The van der Waals surface area contributed by atoms with Crippen molar-refractivity contribution in [3.05, 3.63) is 35.9 Å². The lowest BCUT2D eigenvalue weighted by molar-refractivity contribution is -0.121. The first-order chi connectivity index (χ1) is 8.47. The molecule has 0 aromatic heterocycles. The summed E-state index contributed by atoms with van der Waals surface area (Å²) in [6, 6.07) is 10.2. The summed E-state index contributed by atoms with van der Waals surface area (Å²) in [6.45, 7) is 3.03. The van der Waals surface area contributed by atoms with Gasteiger partial charge in [0.05, 0.1) is 0 Å². The minimum atomic E-state index is -2.53. The van der Waals surface area contributed by atoms with Crippen LogP contribution in [0.1, 0.15) is 24.8 Å². The molecular weight excluding hydrogens is 247 g/mol. The molecule has 0 saturated carbocycles. The van der Waals surface area contributed by atoms with Gasteiger partial charge < -0.3 is 4.52 Å². The van der Waals surface area contributed by atoms with Gasteiger partial charge in [0, 0.05) is 19.8 Å². The Morgan fingerprint density at radius 3 is 2.44 bits per heavy atom. The Balaban J connectivity index is 2.11. The number of aryl methyl sites for hydroxylation is 1. The Bertz CT molecular complexity index is 408. The standard InChI is InChI=1S/C14H21O3P/c1-18(2,16)17-12-14(15)11-7-6-10-13-8-4-3-5-9-13/h3-5,8-9H,6-7,10-12H2,1-2H3. The number of unbranched alkanes of at least 4 members (excludes halogenated alkanes) is 1. The normalized spacial score (nSPS) is 11.4. The zero-order valence-corrected chi connectivity index (χ0v) is 12.0. The second-order valence-electron chi connectivity index (χ2n) is 4.76. The van der Waals surface area contributed by atoms with Crippen LogP contribution in [0.25, 0.3) is 0 Å². The highest BCUT2D eigenvalue weighted by atomic mass is 31.2. The molecule has 0 aliphatic rings. The largest absolute Gasteiger partial charge is 0.321 e. The molecular formula is C14H21O3P. The van der Waals surface area contributed by atoms with E-state index < -0.39 is 7.37 Å². The highest BCUT2D eigenvalue weighted by Crippen LogP contribution is 2.36. The van der Waals surface area contributed by atoms with Crippen molar-refractivity contribution in [1.82, 2.24) is 0 Å². The third-order valence-corrected chi connectivity index (χ3v) is 3.30. The SMILES string of the molecule is CP(C)(=O)OCC(=O)CCCCc1ccccc1. The molecule has 1 aromatic carbocycles. The van der Waals surface area contributed by atoms with Crippen LogP contribution >= 0.6 is 7.37 Å². The molecule has 3 nitrogen and oxygen atoms in total. The number of hydrogen-bond donors (Lipinski definition) is 0. The molecule has 100 valence electrons. The van der Waals surface area contributed by atoms with E-state index in [2.05, 4.69) is 12.1 Å². The fourth-order valence-electron chi connectivity index (χ4n) is 1.60. The molecule has 0 radical (unpaired) electrons. The van der Waals surface area contributed by atoms with Crippen LogP contribution in [-0.2, 0) is 20.3 Å². The molecule has 4 heteroatoms. The molecule has 0 atom stereocenters. The van der Waals surface area contributed by atoms with Gasteiger partial charge in [-0.2, -0.15) is 0 Å². The molecule has 0 saturated heterocycles. The van der Waals surface area contributed by atoms with Crippen molar-refractivity contribution in [3.63, 3.8) is 0 Å². The highest BCUT2D eigenvalue weighted by molar-refractivity contribution is 7.57. The molecule has 0 N–H and O–H groups in total. The summed E-state index contributed by atoms with van der Waals surface area (Å²) in [4.78, 5) is 11.5. The summed E-state index contributed by atoms with van der Waals surface area (Å²) in [5.41, 5.74) is 1.30. The lowest BCUT2D eigenvalue weighted by atomic mass is 10.1. The van der Waals surface area contributed by atoms with Crippen LogP contribution < -0.4 is 0 Å². The van der Waals surface area contributed by atoms with Gasteiger partial charge in [-0.05, 0) is 24.8 Å². The molecule has 0 amide bonds. The van der Waals surface area contributed by atoms with E-state index in [1.165, 1.54) is 18.9 Å². The fourth-order valence-corrected chi connectivity index (χ4v) is 2.05.